The van der Waals surface area contributed by atoms with Crippen LogP contribution in [0.4, 0.5) is 0 Å². The maximum absolute atomic E-state index is 12.7. The van der Waals surface area contributed by atoms with Crippen molar-refractivity contribution in [1.82, 2.24) is 15.3 Å². The molecular weight excluding hydrogens is 600 g/mol. The molecule has 1 aliphatic heterocycles. The number of pyridine rings is 2. The van der Waals surface area contributed by atoms with E-state index in [2.05, 4.69) is 46.5 Å². The number of para-hydroxylation sites is 1. The van der Waals surface area contributed by atoms with Crippen LogP contribution in [0.2, 0.25) is 5.02 Å². The number of nitrogens with zero attached hydrogens (tertiary/aromatic N) is 3. The van der Waals surface area contributed by atoms with Crippen LogP contribution in [-0.2, 0) is 29.4 Å². The molecule has 232 valence electrons. The molecule has 1 saturated heterocycles. The van der Waals surface area contributed by atoms with Gasteiger partial charge < -0.3 is 19.5 Å². The summed E-state index contributed by atoms with van der Waals surface area (Å²) in [6.45, 7) is 3.28. The normalized spacial score (nSPS) is 14.4. The lowest BCUT2D eigenvalue weighted by molar-refractivity contribution is -0.148. The van der Waals surface area contributed by atoms with Gasteiger partial charge in [-0.05, 0) is 67.3 Å². The first kappa shape index (κ1) is 31.0. The molecule has 9 heteroatoms. The highest BCUT2D eigenvalue weighted by Gasteiger charge is 2.23. The number of halogens is 1. The third-order valence-corrected chi connectivity index (χ3v) is 8.42. The summed E-state index contributed by atoms with van der Waals surface area (Å²) >= 11 is 6.72. The van der Waals surface area contributed by atoms with E-state index in [4.69, 9.17) is 25.8 Å². The molecule has 0 bridgehead atoms. The maximum Gasteiger partial charge on any atom is 0.323 e. The fourth-order valence-electron chi connectivity index (χ4n) is 5.55. The number of benzene rings is 3. The molecule has 1 fully saturated rings. The van der Waals surface area contributed by atoms with Crippen LogP contribution in [0.3, 0.4) is 0 Å². The molecule has 0 spiro atoms. The average molecular weight is 633 g/mol. The molecule has 46 heavy (non-hydrogen) atoms. The van der Waals surface area contributed by atoms with E-state index in [1.54, 1.807) is 24.4 Å². The predicted molar refractivity (Wildman–Crippen MR) is 176 cm³/mol. The number of esters is 1. The van der Waals surface area contributed by atoms with Crippen molar-refractivity contribution in [2.75, 3.05) is 6.54 Å². The second-order valence-corrected chi connectivity index (χ2v) is 11.7. The topological polar surface area (TPSA) is 106 Å². The highest BCUT2D eigenvalue weighted by atomic mass is 35.5. The summed E-state index contributed by atoms with van der Waals surface area (Å²) in [5.41, 5.74) is 6.91. The monoisotopic (exact) mass is 632 g/mol. The standard InChI is InChI=1S/C37H33ClN4O4/c1-24-28(8-6-9-31(24)29-14-27-7-2-3-10-33(27)42-20-29)22-45-36-16-35(44-21-26-13-25(17-39)18-40-19-26)30(15-32(36)38)23-46-37(43)34-11-4-5-12-41-34/h2-3,6-10,13-16,18-20,34,41H,4-5,11-12,21-23H2,1H3/t34-/m0/s1. The Hall–Kier alpha value is -4.97. The van der Waals surface area contributed by atoms with Gasteiger partial charge in [0, 0.05) is 46.7 Å². The zero-order valence-electron chi connectivity index (χ0n) is 25.5. The third-order valence-electron chi connectivity index (χ3n) is 8.13. The Kier molecular flexibility index (Phi) is 9.73. The molecule has 1 N–H and O–H groups in total. The van der Waals surface area contributed by atoms with Crippen LogP contribution >= 0.6 is 11.6 Å². The summed E-state index contributed by atoms with van der Waals surface area (Å²) in [6, 6.07) is 23.2. The van der Waals surface area contributed by atoms with Gasteiger partial charge in [-0.2, -0.15) is 5.26 Å². The quantitative estimate of drug-likeness (QED) is 0.158. The predicted octanol–water partition coefficient (Wildman–Crippen LogP) is 7.47. The smallest absolute Gasteiger partial charge is 0.323 e. The number of fused-ring (bicyclic) bond motifs is 1. The van der Waals surface area contributed by atoms with Crippen LogP contribution < -0.4 is 14.8 Å². The van der Waals surface area contributed by atoms with E-state index in [0.29, 0.717) is 27.6 Å². The van der Waals surface area contributed by atoms with Crippen molar-refractivity contribution in [3.8, 4) is 28.7 Å². The van der Waals surface area contributed by atoms with E-state index in [1.165, 1.54) is 6.20 Å². The number of rotatable bonds is 10. The molecule has 8 nitrogen and oxygen atoms in total. The number of hydrogen-bond donors (Lipinski definition) is 1. The van der Waals surface area contributed by atoms with E-state index in [1.807, 2.05) is 36.5 Å². The fourth-order valence-corrected chi connectivity index (χ4v) is 5.79. The summed E-state index contributed by atoms with van der Waals surface area (Å²) < 4.78 is 18.1. The molecule has 1 atom stereocenters. The first-order chi connectivity index (χ1) is 22.5. The van der Waals surface area contributed by atoms with Crippen molar-refractivity contribution >= 4 is 28.5 Å². The van der Waals surface area contributed by atoms with E-state index in [9.17, 15) is 10.1 Å². The number of piperidine rings is 1. The number of aromatic nitrogens is 2. The lowest BCUT2D eigenvalue weighted by atomic mass is 9.97. The number of hydrogen-bond acceptors (Lipinski definition) is 8. The minimum atomic E-state index is -0.319. The Bertz CT molecular complexity index is 1920. The summed E-state index contributed by atoms with van der Waals surface area (Å²) in [6.07, 6.45) is 7.81. The Morgan fingerprint density at radius 3 is 2.67 bits per heavy atom. The molecule has 3 heterocycles. The van der Waals surface area contributed by atoms with Crippen molar-refractivity contribution in [2.24, 2.45) is 0 Å². The Labute approximate surface area is 272 Å². The molecule has 5 aromatic rings. The fraction of sp³-hybridized carbons (Fsp3) is 0.243. The second-order valence-electron chi connectivity index (χ2n) is 11.3. The lowest BCUT2D eigenvalue weighted by Gasteiger charge is -2.22. The SMILES string of the molecule is Cc1c(COc2cc(OCc3cncc(C#N)c3)c(COC(=O)[C@@H]3CCCCN3)cc2Cl)cccc1-c1cnc2ccccc2c1. The lowest BCUT2D eigenvalue weighted by Crippen LogP contribution is -2.41. The number of carbonyl (C=O) groups is 1. The molecule has 0 aliphatic carbocycles. The number of nitriles is 1. The van der Waals surface area contributed by atoms with Gasteiger partial charge in [-0.25, -0.2) is 0 Å². The van der Waals surface area contributed by atoms with Gasteiger partial charge in [-0.15, -0.1) is 0 Å². The minimum Gasteiger partial charge on any atom is -0.488 e. The third kappa shape index (κ3) is 7.28. The van der Waals surface area contributed by atoms with Gasteiger partial charge in [0.05, 0.1) is 16.1 Å². The molecule has 0 amide bonds. The van der Waals surface area contributed by atoms with Gasteiger partial charge in [0.25, 0.3) is 0 Å². The number of carbonyl (C=O) groups excluding carboxylic acids is 1. The Balaban J connectivity index is 1.22. The largest absolute Gasteiger partial charge is 0.488 e. The van der Waals surface area contributed by atoms with Crippen LogP contribution in [0.15, 0.2) is 85.3 Å². The molecule has 0 radical (unpaired) electrons. The highest BCUT2D eigenvalue weighted by Crippen LogP contribution is 2.35. The van der Waals surface area contributed by atoms with Gasteiger partial charge in [0.2, 0.25) is 0 Å². The van der Waals surface area contributed by atoms with Crippen molar-refractivity contribution in [3.05, 3.63) is 118 Å². The molecule has 3 aromatic carbocycles. The van der Waals surface area contributed by atoms with Crippen LogP contribution in [0.1, 0.15) is 47.1 Å². The van der Waals surface area contributed by atoms with E-state index in [-0.39, 0.29) is 31.8 Å². The number of ether oxygens (including phenoxy) is 3. The Morgan fingerprint density at radius 2 is 1.83 bits per heavy atom. The van der Waals surface area contributed by atoms with Gasteiger partial charge in [0.1, 0.15) is 43.4 Å². The van der Waals surface area contributed by atoms with E-state index in [0.717, 1.165) is 64.5 Å². The zero-order chi connectivity index (χ0) is 31.9. The molecule has 1 aliphatic rings. The van der Waals surface area contributed by atoms with Crippen LogP contribution in [0.5, 0.6) is 11.5 Å². The van der Waals surface area contributed by atoms with E-state index >= 15 is 0 Å². The van der Waals surface area contributed by atoms with Crippen molar-refractivity contribution in [2.45, 2.75) is 52.0 Å². The van der Waals surface area contributed by atoms with Crippen molar-refractivity contribution in [1.29, 1.82) is 5.26 Å². The van der Waals surface area contributed by atoms with Gasteiger partial charge in [-0.1, -0.05) is 54.4 Å². The van der Waals surface area contributed by atoms with Gasteiger partial charge >= 0.3 is 5.97 Å². The van der Waals surface area contributed by atoms with Crippen LogP contribution in [0.25, 0.3) is 22.0 Å². The summed E-state index contributed by atoms with van der Waals surface area (Å²) in [7, 11) is 0. The molecule has 2 aromatic heterocycles. The number of nitrogens with one attached hydrogen (secondary N) is 1. The van der Waals surface area contributed by atoms with Crippen LogP contribution in [-0.4, -0.2) is 28.5 Å². The molecule has 6 rings (SSSR count). The van der Waals surface area contributed by atoms with Gasteiger partial charge in [-0.3, -0.25) is 14.8 Å². The summed E-state index contributed by atoms with van der Waals surface area (Å²) in [5.74, 6) is 0.589. The van der Waals surface area contributed by atoms with E-state index < -0.39 is 0 Å². The summed E-state index contributed by atoms with van der Waals surface area (Å²) in [4.78, 5) is 21.5. The maximum atomic E-state index is 12.7. The van der Waals surface area contributed by atoms with Crippen molar-refractivity contribution < 1.29 is 19.0 Å². The summed E-state index contributed by atoms with van der Waals surface area (Å²) in [5, 5.41) is 13.9. The highest BCUT2D eigenvalue weighted by molar-refractivity contribution is 6.32. The zero-order valence-corrected chi connectivity index (χ0v) is 26.2. The van der Waals surface area contributed by atoms with Gasteiger partial charge in [0.15, 0.2) is 0 Å². The Morgan fingerprint density at radius 1 is 0.957 bits per heavy atom. The van der Waals surface area contributed by atoms with Crippen molar-refractivity contribution in [3.63, 3.8) is 0 Å². The first-order valence-corrected chi connectivity index (χ1v) is 15.6. The first-order valence-electron chi connectivity index (χ1n) is 15.2. The second kappa shape index (κ2) is 14.4. The molecule has 0 unspecified atom stereocenters. The van der Waals surface area contributed by atoms with Crippen LogP contribution in [0, 0.1) is 18.3 Å². The molecule has 0 saturated carbocycles. The average Bonchev–Trinajstić information content (AvgIpc) is 3.10. The molecular formula is C37H33ClN4O4. The minimum absolute atomic E-state index is 0.0101.